The summed E-state index contributed by atoms with van der Waals surface area (Å²) in [7, 11) is 3.20. The molecule has 7 heteroatoms. The lowest BCUT2D eigenvalue weighted by Crippen LogP contribution is -2.42. The monoisotopic (exact) mass is 439 g/mol. The number of benzene rings is 2. The zero-order valence-corrected chi connectivity index (χ0v) is 18.7. The minimum atomic E-state index is -0.473. The Balaban J connectivity index is 1.62. The molecule has 0 N–H and O–H groups in total. The van der Waals surface area contributed by atoms with Crippen molar-refractivity contribution in [1.29, 1.82) is 0 Å². The van der Waals surface area contributed by atoms with Gasteiger partial charge >= 0.3 is 5.63 Å². The Kier molecular flexibility index (Phi) is 6.23. The molecule has 3 aromatic rings. The van der Waals surface area contributed by atoms with Gasteiger partial charge in [0.2, 0.25) is 5.91 Å². The molecule has 4 rings (SSSR count). The molecule has 2 aromatic carbocycles. The standard InChI is InChI=1S/C24H25NO5S/c1-15-19-9-8-18(29-3)12-22(19)30-24(27)20(15)13-23(26)25-10-11-31-14-21(25)16-4-6-17(28-2)7-5-16/h4-9,12,21H,10-11,13-14H2,1-3H3. The van der Waals surface area contributed by atoms with E-state index in [-0.39, 0.29) is 18.4 Å². The molecule has 6 nitrogen and oxygen atoms in total. The molecule has 1 unspecified atom stereocenters. The van der Waals surface area contributed by atoms with E-state index in [1.165, 1.54) is 0 Å². The maximum Gasteiger partial charge on any atom is 0.340 e. The number of amides is 1. The van der Waals surface area contributed by atoms with E-state index < -0.39 is 5.63 Å². The second-order valence-corrected chi connectivity index (χ2v) is 8.63. The molecule has 0 aliphatic carbocycles. The summed E-state index contributed by atoms with van der Waals surface area (Å²) in [6.07, 6.45) is 0.0213. The number of hydrogen-bond donors (Lipinski definition) is 0. The summed E-state index contributed by atoms with van der Waals surface area (Å²) in [5, 5.41) is 0.809. The number of carbonyl (C=O) groups is 1. The molecule has 1 aromatic heterocycles. The van der Waals surface area contributed by atoms with E-state index in [0.29, 0.717) is 23.4 Å². The Morgan fingerprint density at radius 2 is 1.84 bits per heavy atom. The number of aryl methyl sites for hydroxylation is 1. The molecule has 1 fully saturated rings. The van der Waals surface area contributed by atoms with Crippen molar-refractivity contribution in [1.82, 2.24) is 4.90 Å². The van der Waals surface area contributed by atoms with Crippen molar-refractivity contribution >= 4 is 28.6 Å². The Morgan fingerprint density at radius 1 is 1.13 bits per heavy atom. The van der Waals surface area contributed by atoms with Crippen molar-refractivity contribution < 1.29 is 18.7 Å². The lowest BCUT2D eigenvalue weighted by atomic mass is 10.0. The van der Waals surface area contributed by atoms with E-state index in [4.69, 9.17) is 13.9 Å². The minimum Gasteiger partial charge on any atom is -0.497 e. The molecule has 1 saturated heterocycles. The van der Waals surface area contributed by atoms with Crippen LogP contribution in [0.15, 0.2) is 51.7 Å². The van der Waals surface area contributed by atoms with Crippen molar-refractivity contribution in [2.45, 2.75) is 19.4 Å². The molecule has 0 bridgehead atoms. The fourth-order valence-electron chi connectivity index (χ4n) is 3.96. The smallest absolute Gasteiger partial charge is 0.340 e. The number of nitrogens with zero attached hydrogens (tertiary/aromatic N) is 1. The molecule has 1 aliphatic rings. The van der Waals surface area contributed by atoms with Gasteiger partial charge in [0.25, 0.3) is 0 Å². The maximum absolute atomic E-state index is 13.3. The normalized spacial score (nSPS) is 16.4. The van der Waals surface area contributed by atoms with Crippen LogP contribution >= 0.6 is 11.8 Å². The maximum atomic E-state index is 13.3. The van der Waals surface area contributed by atoms with Gasteiger partial charge in [-0.25, -0.2) is 4.79 Å². The van der Waals surface area contributed by atoms with Crippen molar-refractivity contribution in [3.05, 3.63) is 69.6 Å². The van der Waals surface area contributed by atoms with Crippen LogP contribution in [-0.2, 0) is 11.2 Å². The molecule has 1 aliphatic heterocycles. The Hall–Kier alpha value is -2.93. The first-order chi connectivity index (χ1) is 15.0. The van der Waals surface area contributed by atoms with Gasteiger partial charge < -0.3 is 18.8 Å². The lowest BCUT2D eigenvalue weighted by Gasteiger charge is -2.36. The topological polar surface area (TPSA) is 69.0 Å². The van der Waals surface area contributed by atoms with E-state index in [1.807, 2.05) is 60.0 Å². The summed E-state index contributed by atoms with van der Waals surface area (Å²) < 4.78 is 16.0. The molecule has 1 atom stereocenters. The Morgan fingerprint density at radius 3 is 2.55 bits per heavy atom. The van der Waals surface area contributed by atoms with Gasteiger partial charge in [-0.3, -0.25) is 4.79 Å². The average Bonchev–Trinajstić information content (AvgIpc) is 2.81. The van der Waals surface area contributed by atoms with Gasteiger partial charge in [-0.1, -0.05) is 12.1 Å². The first-order valence-corrected chi connectivity index (χ1v) is 11.3. The van der Waals surface area contributed by atoms with Crippen LogP contribution in [0.4, 0.5) is 0 Å². The van der Waals surface area contributed by atoms with E-state index >= 15 is 0 Å². The van der Waals surface area contributed by atoms with Crippen molar-refractivity contribution in [3.63, 3.8) is 0 Å². The van der Waals surface area contributed by atoms with Crippen LogP contribution in [0.1, 0.15) is 22.7 Å². The summed E-state index contributed by atoms with van der Waals surface area (Å²) in [6, 6.07) is 13.2. The Labute approximate surface area is 185 Å². The van der Waals surface area contributed by atoms with Crippen molar-refractivity contribution in [2.75, 3.05) is 32.3 Å². The van der Waals surface area contributed by atoms with Crippen LogP contribution in [-0.4, -0.2) is 43.1 Å². The third kappa shape index (κ3) is 4.28. The van der Waals surface area contributed by atoms with Gasteiger partial charge in [-0.2, -0.15) is 11.8 Å². The largest absolute Gasteiger partial charge is 0.497 e. The van der Waals surface area contributed by atoms with Gasteiger partial charge in [0.15, 0.2) is 0 Å². The highest BCUT2D eigenvalue weighted by atomic mass is 32.2. The summed E-state index contributed by atoms with van der Waals surface area (Å²) in [5.74, 6) is 3.04. The average molecular weight is 440 g/mol. The van der Waals surface area contributed by atoms with Crippen LogP contribution in [0.5, 0.6) is 11.5 Å². The van der Waals surface area contributed by atoms with Crippen LogP contribution in [0.3, 0.4) is 0 Å². The van der Waals surface area contributed by atoms with E-state index in [1.54, 1.807) is 20.3 Å². The third-order valence-corrected chi connectivity index (χ3v) is 6.79. The highest BCUT2D eigenvalue weighted by Crippen LogP contribution is 2.31. The highest BCUT2D eigenvalue weighted by molar-refractivity contribution is 7.99. The summed E-state index contributed by atoms with van der Waals surface area (Å²) >= 11 is 1.83. The number of ether oxygens (including phenoxy) is 2. The Bertz CT molecular complexity index is 1160. The second kappa shape index (κ2) is 9.06. The van der Waals surface area contributed by atoms with Crippen LogP contribution in [0, 0.1) is 6.92 Å². The minimum absolute atomic E-state index is 0.0213. The first-order valence-electron chi connectivity index (χ1n) is 10.1. The van der Waals surface area contributed by atoms with E-state index in [2.05, 4.69) is 0 Å². The number of hydrogen-bond acceptors (Lipinski definition) is 6. The van der Waals surface area contributed by atoms with Gasteiger partial charge in [0.1, 0.15) is 17.1 Å². The van der Waals surface area contributed by atoms with Gasteiger partial charge in [0, 0.05) is 29.5 Å². The second-order valence-electron chi connectivity index (χ2n) is 7.48. The molecule has 0 spiro atoms. The summed E-state index contributed by atoms with van der Waals surface area (Å²) in [4.78, 5) is 27.9. The molecule has 2 heterocycles. The third-order valence-electron chi connectivity index (χ3n) is 5.77. The molecular formula is C24H25NO5S. The number of methoxy groups -OCH3 is 2. The molecule has 162 valence electrons. The quantitative estimate of drug-likeness (QED) is 0.560. The zero-order valence-electron chi connectivity index (χ0n) is 17.8. The van der Waals surface area contributed by atoms with Crippen molar-refractivity contribution in [2.24, 2.45) is 0 Å². The first kappa shape index (κ1) is 21.3. The van der Waals surface area contributed by atoms with Gasteiger partial charge in [0.05, 0.1) is 32.2 Å². The fraction of sp³-hybridized carbons (Fsp3) is 0.333. The number of fused-ring (bicyclic) bond motifs is 1. The van der Waals surface area contributed by atoms with Crippen LogP contribution in [0.2, 0.25) is 0 Å². The molecule has 1 amide bonds. The van der Waals surface area contributed by atoms with E-state index in [9.17, 15) is 9.59 Å². The molecule has 31 heavy (non-hydrogen) atoms. The summed E-state index contributed by atoms with van der Waals surface area (Å²) in [5.41, 5.74) is 2.24. The zero-order chi connectivity index (χ0) is 22.0. The SMILES string of the molecule is COc1ccc(C2CSCCN2C(=O)Cc2c(C)c3ccc(OC)cc3oc2=O)cc1. The molecular weight excluding hydrogens is 414 g/mol. The van der Waals surface area contributed by atoms with Crippen molar-refractivity contribution in [3.8, 4) is 11.5 Å². The number of thioether (sulfide) groups is 1. The predicted molar refractivity (Wildman–Crippen MR) is 122 cm³/mol. The van der Waals surface area contributed by atoms with Crippen LogP contribution in [0.25, 0.3) is 11.0 Å². The number of rotatable bonds is 5. The van der Waals surface area contributed by atoms with Gasteiger partial charge in [-0.05, 0) is 42.3 Å². The predicted octanol–water partition coefficient (Wildman–Crippen LogP) is 3.98. The lowest BCUT2D eigenvalue weighted by molar-refractivity contribution is -0.132. The number of carbonyl (C=O) groups excluding carboxylic acids is 1. The fourth-order valence-corrected chi connectivity index (χ4v) is 5.05. The highest BCUT2D eigenvalue weighted by Gasteiger charge is 2.29. The summed E-state index contributed by atoms with van der Waals surface area (Å²) in [6.45, 7) is 2.51. The molecule has 0 radical (unpaired) electrons. The molecule has 0 saturated carbocycles. The van der Waals surface area contributed by atoms with Crippen LogP contribution < -0.4 is 15.1 Å². The van der Waals surface area contributed by atoms with E-state index in [0.717, 1.165) is 33.8 Å². The van der Waals surface area contributed by atoms with Gasteiger partial charge in [-0.15, -0.1) is 0 Å².